The van der Waals surface area contributed by atoms with Crippen LogP contribution in [0.2, 0.25) is 0 Å². The summed E-state index contributed by atoms with van der Waals surface area (Å²) in [4.78, 5) is 40.2. The summed E-state index contributed by atoms with van der Waals surface area (Å²) < 4.78 is 0. The number of rotatable bonds is 5. The second-order valence-corrected chi connectivity index (χ2v) is 6.98. The molecule has 2 rings (SSSR count). The molecule has 8 heteroatoms. The topological polar surface area (TPSA) is 87.6 Å². The average Bonchev–Trinajstić information content (AvgIpc) is 2.99. The van der Waals surface area contributed by atoms with Gasteiger partial charge in [-0.1, -0.05) is 30.0 Å². The van der Waals surface area contributed by atoms with E-state index < -0.39 is 5.97 Å². The van der Waals surface area contributed by atoms with Crippen LogP contribution in [-0.4, -0.2) is 39.4 Å². The van der Waals surface area contributed by atoms with E-state index in [1.165, 1.54) is 18.7 Å². The second kappa shape index (κ2) is 6.57. The number of hydrogen-bond donors (Lipinski definition) is 1. The van der Waals surface area contributed by atoms with E-state index in [2.05, 4.69) is 4.98 Å². The molecule has 0 aromatic carbocycles. The predicted octanol–water partition coefficient (Wildman–Crippen LogP) is 2.04. The molecule has 1 N–H and O–H groups in total. The van der Waals surface area contributed by atoms with Crippen molar-refractivity contribution < 1.29 is 19.5 Å². The molecular weight excluding hydrogens is 312 g/mol. The molecule has 0 saturated carbocycles. The summed E-state index contributed by atoms with van der Waals surface area (Å²) in [5.41, 5.74) is 0.511. The van der Waals surface area contributed by atoms with E-state index in [-0.39, 0.29) is 21.8 Å². The number of nitrogens with zero attached hydrogens (tertiary/aromatic N) is 2. The molecule has 1 amide bonds. The number of thioether (sulfide) groups is 1. The molecule has 1 fully saturated rings. The van der Waals surface area contributed by atoms with Crippen molar-refractivity contribution in [2.24, 2.45) is 5.92 Å². The predicted molar refractivity (Wildman–Crippen MR) is 82.1 cm³/mol. The maximum atomic E-state index is 12.1. The lowest BCUT2D eigenvalue weighted by Gasteiger charge is -2.12. The van der Waals surface area contributed by atoms with E-state index >= 15 is 0 Å². The van der Waals surface area contributed by atoms with Gasteiger partial charge in [-0.2, -0.15) is 0 Å². The lowest BCUT2D eigenvalue weighted by molar-refractivity contribution is -0.117. The first-order chi connectivity index (χ1) is 9.92. The molecule has 6 nitrogen and oxygen atoms in total. The standard InChI is InChI=1S/C13H16N2O4S2/c1-3-9-11(12(18)19)21-13(14-9)15-5-8(4-10(15)17)6-20-7(2)16/h8H,3-6H2,1-2H3,(H,18,19). The summed E-state index contributed by atoms with van der Waals surface area (Å²) in [6, 6.07) is 0. The van der Waals surface area contributed by atoms with E-state index in [0.29, 0.717) is 36.0 Å². The molecule has 2 heterocycles. The Bertz CT molecular complexity index is 585. The molecular formula is C13H16N2O4S2. The minimum Gasteiger partial charge on any atom is -0.477 e. The van der Waals surface area contributed by atoms with E-state index in [0.717, 1.165) is 11.3 Å². The lowest BCUT2D eigenvalue weighted by Crippen LogP contribution is -2.24. The SMILES string of the molecule is CCc1nc(N2CC(CSC(C)=O)CC2=O)sc1C(=O)O. The molecule has 1 aromatic heterocycles. The molecule has 1 aliphatic rings. The highest BCUT2D eigenvalue weighted by Gasteiger charge is 2.33. The van der Waals surface area contributed by atoms with Crippen molar-refractivity contribution in [2.75, 3.05) is 17.2 Å². The zero-order valence-electron chi connectivity index (χ0n) is 11.8. The van der Waals surface area contributed by atoms with Gasteiger partial charge in [0, 0.05) is 25.6 Å². The molecule has 1 aromatic rings. The number of carbonyl (C=O) groups excluding carboxylic acids is 2. The van der Waals surface area contributed by atoms with Gasteiger partial charge < -0.3 is 5.11 Å². The zero-order valence-corrected chi connectivity index (χ0v) is 13.4. The van der Waals surface area contributed by atoms with Crippen LogP contribution in [0, 0.1) is 5.92 Å². The summed E-state index contributed by atoms with van der Waals surface area (Å²) in [7, 11) is 0. The van der Waals surface area contributed by atoms with Crippen LogP contribution in [0.1, 0.15) is 35.6 Å². The van der Waals surface area contributed by atoms with Crippen LogP contribution in [0.3, 0.4) is 0 Å². The third-order valence-corrected chi connectivity index (χ3v) is 5.33. The van der Waals surface area contributed by atoms with Crippen molar-refractivity contribution in [3.63, 3.8) is 0 Å². The fourth-order valence-electron chi connectivity index (χ4n) is 2.17. The minimum absolute atomic E-state index is 0.0385. The van der Waals surface area contributed by atoms with E-state index in [9.17, 15) is 14.4 Å². The maximum Gasteiger partial charge on any atom is 0.347 e. The van der Waals surface area contributed by atoms with Crippen LogP contribution >= 0.6 is 23.1 Å². The normalized spacial score (nSPS) is 18.3. The Hall–Kier alpha value is -1.41. The van der Waals surface area contributed by atoms with Gasteiger partial charge in [-0.25, -0.2) is 9.78 Å². The van der Waals surface area contributed by atoms with Crippen LogP contribution in [0.5, 0.6) is 0 Å². The Kier molecular flexibility index (Phi) is 5.00. The quantitative estimate of drug-likeness (QED) is 0.890. The third-order valence-electron chi connectivity index (χ3n) is 3.17. The molecule has 0 bridgehead atoms. The summed E-state index contributed by atoms with van der Waals surface area (Å²) in [5, 5.41) is 9.63. The van der Waals surface area contributed by atoms with Crippen LogP contribution in [-0.2, 0) is 16.0 Å². The van der Waals surface area contributed by atoms with Crippen molar-refractivity contribution in [1.82, 2.24) is 4.98 Å². The van der Waals surface area contributed by atoms with Gasteiger partial charge in [0.1, 0.15) is 4.88 Å². The number of carboxylic acids is 1. The number of aromatic nitrogens is 1. The van der Waals surface area contributed by atoms with Crippen LogP contribution < -0.4 is 4.90 Å². The highest BCUT2D eigenvalue weighted by Crippen LogP contribution is 2.32. The van der Waals surface area contributed by atoms with E-state index in [1.54, 1.807) is 4.90 Å². The van der Waals surface area contributed by atoms with Crippen molar-refractivity contribution in [1.29, 1.82) is 0 Å². The molecule has 1 unspecified atom stereocenters. The smallest absolute Gasteiger partial charge is 0.347 e. The van der Waals surface area contributed by atoms with Crippen LogP contribution in [0.25, 0.3) is 0 Å². The highest BCUT2D eigenvalue weighted by atomic mass is 32.2. The summed E-state index contributed by atoms with van der Waals surface area (Å²) in [6.07, 6.45) is 0.896. The van der Waals surface area contributed by atoms with Gasteiger partial charge in [0.2, 0.25) is 5.91 Å². The first-order valence-electron chi connectivity index (χ1n) is 6.59. The van der Waals surface area contributed by atoms with Crippen LogP contribution in [0.15, 0.2) is 0 Å². The van der Waals surface area contributed by atoms with Crippen molar-refractivity contribution >= 4 is 45.2 Å². The van der Waals surface area contributed by atoms with Gasteiger partial charge in [0.05, 0.1) is 5.69 Å². The van der Waals surface area contributed by atoms with Gasteiger partial charge in [-0.15, -0.1) is 0 Å². The highest BCUT2D eigenvalue weighted by molar-refractivity contribution is 8.13. The molecule has 0 spiro atoms. The molecule has 1 atom stereocenters. The van der Waals surface area contributed by atoms with Gasteiger partial charge in [-0.3, -0.25) is 14.5 Å². The molecule has 1 saturated heterocycles. The first-order valence-corrected chi connectivity index (χ1v) is 8.39. The average molecular weight is 328 g/mol. The number of carboxylic acid groups (broad SMARTS) is 1. The zero-order chi connectivity index (χ0) is 15.6. The number of hydrogen-bond acceptors (Lipinski definition) is 6. The number of amides is 1. The molecule has 21 heavy (non-hydrogen) atoms. The number of aryl methyl sites for hydroxylation is 1. The van der Waals surface area contributed by atoms with E-state index in [1.807, 2.05) is 6.92 Å². The largest absolute Gasteiger partial charge is 0.477 e. The van der Waals surface area contributed by atoms with Crippen molar-refractivity contribution in [3.05, 3.63) is 10.6 Å². The fourth-order valence-corrected chi connectivity index (χ4v) is 3.89. The Morgan fingerprint density at radius 1 is 1.52 bits per heavy atom. The van der Waals surface area contributed by atoms with Crippen molar-refractivity contribution in [2.45, 2.75) is 26.7 Å². The fraction of sp³-hybridized carbons (Fsp3) is 0.538. The molecule has 114 valence electrons. The second-order valence-electron chi connectivity index (χ2n) is 4.81. The monoisotopic (exact) mass is 328 g/mol. The first kappa shape index (κ1) is 16.0. The Morgan fingerprint density at radius 2 is 2.24 bits per heavy atom. The van der Waals surface area contributed by atoms with Crippen molar-refractivity contribution in [3.8, 4) is 0 Å². The van der Waals surface area contributed by atoms with Gasteiger partial charge in [0.15, 0.2) is 10.2 Å². The minimum atomic E-state index is -1.01. The number of anilines is 1. The third kappa shape index (κ3) is 3.62. The molecule has 0 aliphatic carbocycles. The molecule has 1 aliphatic heterocycles. The lowest BCUT2D eigenvalue weighted by atomic mass is 10.1. The van der Waals surface area contributed by atoms with E-state index in [4.69, 9.17) is 5.11 Å². The van der Waals surface area contributed by atoms with Crippen LogP contribution in [0.4, 0.5) is 5.13 Å². The summed E-state index contributed by atoms with van der Waals surface area (Å²) in [6.45, 7) is 3.84. The summed E-state index contributed by atoms with van der Waals surface area (Å²) in [5.74, 6) is -0.355. The Labute approximate surface area is 130 Å². The maximum absolute atomic E-state index is 12.1. The summed E-state index contributed by atoms with van der Waals surface area (Å²) >= 11 is 2.26. The Morgan fingerprint density at radius 3 is 2.76 bits per heavy atom. The van der Waals surface area contributed by atoms with Gasteiger partial charge >= 0.3 is 5.97 Å². The number of aromatic carboxylic acids is 1. The number of carbonyl (C=O) groups is 3. The van der Waals surface area contributed by atoms with Gasteiger partial charge in [0.25, 0.3) is 0 Å². The Balaban J connectivity index is 2.13. The molecule has 0 radical (unpaired) electrons. The number of thiazole rings is 1. The van der Waals surface area contributed by atoms with Gasteiger partial charge in [-0.05, 0) is 12.3 Å².